The minimum Gasteiger partial charge on any atom is -0.455 e. The Morgan fingerprint density at radius 1 is 1.15 bits per heavy atom. The molecule has 2 aromatic rings. The van der Waals surface area contributed by atoms with E-state index in [4.69, 9.17) is 38.9 Å². The van der Waals surface area contributed by atoms with Gasteiger partial charge in [0.2, 0.25) is 0 Å². The molecule has 0 aromatic heterocycles. The highest BCUT2D eigenvalue weighted by Gasteiger charge is 2.12. The maximum Gasteiger partial charge on any atom is 0.173 e. The molecule has 0 radical (unpaired) electrons. The number of rotatable bonds is 3. The summed E-state index contributed by atoms with van der Waals surface area (Å²) in [6, 6.07) is 8.29. The first-order valence-electron chi connectivity index (χ1n) is 5.41. The average Bonchev–Trinajstić information content (AvgIpc) is 2.42. The van der Waals surface area contributed by atoms with Gasteiger partial charge >= 0.3 is 0 Å². The molecule has 0 amide bonds. The second-order valence-electron chi connectivity index (χ2n) is 3.80. The van der Waals surface area contributed by atoms with Gasteiger partial charge in [-0.25, -0.2) is 4.39 Å². The number of hydrogen-bond acceptors (Lipinski definition) is 3. The summed E-state index contributed by atoms with van der Waals surface area (Å²) in [5, 5.41) is 12.3. The van der Waals surface area contributed by atoms with Crippen LogP contribution in [0.1, 0.15) is 5.56 Å². The van der Waals surface area contributed by atoms with Gasteiger partial charge in [-0.1, -0.05) is 28.4 Å². The molecule has 0 aliphatic heterocycles. The highest BCUT2D eigenvalue weighted by Crippen LogP contribution is 2.33. The first-order chi connectivity index (χ1) is 9.51. The Labute approximate surface area is 124 Å². The van der Waals surface area contributed by atoms with E-state index in [1.807, 2.05) is 0 Å². The summed E-state index contributed by atoms with van der Waals surface area (Å²) in [5.74, 6) is -0.300. The Balaban J connectivity index is 2.43. The zero-order valence-electron chi connectivity index (χ0n) is 9.98. The van der Waals surface area contributed by atoms with Crippen LogP contribution in [-0.2, 0) is 0 Å². The van der Waals surface area contributed by atoms with Crippen LogP contribution in [0.2, 0.25) is 10.0 Å². The fraction of sp³-hybridized carbons (Fsp3) is 0. The predicted molar refractivity (Wildman–Crippen MR) is 75.4 cm³/mol. The predicted octanol–water partition coefficient (Wildman–Crippen LogP) is 4.02. The fourth-order valence-electron chi connectivity index (χ4n) is 1.52. The lowest BCUT2D eigenvalue weighted by molar-refractivity contribution is 0.318. The molecule has 2 rings (SSSR count). The molecular weight excluding hydrogens is 306 g/mol. The van der Waals surface area contributed by atoms with Crippen LogP contribution >= 0.6 is 23.2 Å². The molecule has 3 N–H and O–H groups in total. The number of nitrogens with two attached hydrogens (primary N) is 1. The number of amidine groups is 1. The molecule has 4 nitrogen and oxygen atoms in total. The fourth-order valence-corrected chi connectivity index (χ4v) is 1.97. The summed E-state index contributed by atoms with van der Waals surface area (Å²) in [7, 11) is 0. The number of ether oxygens (including phenoxy) is 1. The lowest BCUT2D eigenvalue weighted by Crippen LogP contribution is -2.14. The van der Waals surface area contributed by atoms with Gasteiger partial charge in [0, 0.05) is 5.02 Å². The van der Waals surface area contributed by atoms with Crippen molar-refractivity contribution in [3.63, 3.8) is 0 Å². The van der Waals surface area contributed by atoms with E-state index >= 15 is 0 Å². The number of oxime groups is 1. The van der Waals surface area contributed by atoms with Crippen molar-refractivity contribution in [3.05, 3.63) is 57.8 Å². The summed E-state index contributed by atoms with van der Waals surface area (Å²) < 4.78 is 18.8. The van der Waals surface area contributed by atoms with Crippen molar-refractivity contribution in [2.45, 2.75) is 0 Å². The second kappa shape index (κ2) is 5.98. The van der Waals surface area contributed by atoms with E-state index in [0.717, 1.165) is 6.07 Å². The van der Waals surface area contributed by atoms with Gasteiger partial charge in [-0.3, -0.25) is 0 Å². The van der Waals surface area contributed by atoms with Crippen LogP contribution < -0.4 is 10.5 Å². The van der Waals surface area contributed by atoms with E-state index in [-0.39, 0.29) is 22.2 Å². The number of halogens is 3. The average molecular weight is 315 g/mol. The molecule has 7 heteroatoms. The van der Waals surface area contributed by atoms with E-state index in [9.17, 15) is 4.39 Å². The summed E-state index contributed by atoms with van der Waals surface area (Å²) >= 11 is 11.8. The minimum absolute atomic E-state index is 0.110. The summed E-state index contributed by atoms with van der Waals surface area (Å²) in [5.41, 5.74) is 5.59. The summed E-state index contributed by atoms with van der Waals surface area (Å²) in [4.78, 5) is 0. The van der Waals surface area contributed by atoms with Crippen molar-refractivity contribution in [1.82, 2.24) is 0 Å². The Bertz CT molecular complexity index is 677. The van der Waals surface area contributed by atoms with Crippen molar-refractivity contribution in [2.24, 2.45) is 10.9 Å². The molecule has 104 valence electrons. The maximum absolute atomic E-state index is 13.2. The van der Waals surface area contributed by atoms with E-state index in [1.54, 1.807) is 12.1 Å². The zero-order chi connectivity index (χ0) is 14.7. The minimum atomic E-state index is -0.541. The second-order valence-corrected chi connectivity index (χ2v) is 4.65. The maximum atomic E-state index is 13.2. The van der Waals surface area contributed by atoms with Gasteiger partial charge in [-0.05, 0) is 36.4 Å². The third kappa shape index (κ3) is 3.12. The van der Waals surface area contributed by atoms with Gasteiger partial charge in [-0.2, -0.15) is 0 Å². The molecule has 0 spiro atoms. The molecular formula is C13H9Cl2FN2O2. The van der Waals surface area contributed by atoms with Gasteiger partial charge in [0.25, 0.3) is 0 Å². The van der Waals surface area contributed by atoms with Crippen LogP contribution in [0.5, 0.6) is 11.5 Å². The quantitative estimate of drug-likeness (QED) is 0.389. The Morgan fingerprint density at radius 3 is 2.50 bits per heavy atom. The molecule has 0 saturated carbocycles. The summed E-state index contributed by atoms with van der Waals surface area (Å²) in [6.45, 7) is 0. The van der Waals surface area contributed by atoms with E-state index in [2.05, 4.69) is 5.16 Å². The van der Waals surface area contributed by atoms with Crippen molar-refractivity contribution in [2.75, 3.05) is 0 Å². The molecule has 0 atom stereocenters. The smallest absolute Gasteiger partial charge is 0.173 e. The Kier molecular flexibility index (Phi) is 4.32. The van der Waals surface area contributed by atoms with Crippen LogP contribution in [0.15, 0.2) is 41.6 Å². The molecule has 20 heavy (non-hydrogen) atoms. The highest BCUT2D eigenvalue weighted by atomic mass is 35.5. The van der Waals surface area contributed by atoms with Crippen molar-refractivity contribution in [1.29, 1.82) is 0 Å². The van der Waals surface area contributed by atoms with Gasteiger partial charge in [0.15, 0.2) is 5.84 Å². The molecule has 2 aromatic carbocycles. The molecule has 0 bridgehead atoms. The van der Waals surface area contributed by atoms with E-state index in [0.29, 0.717) is 10.8 Å². The molecule has 0 aliphatic carbocycles. The van der Waals surface area contributed by atoms with E-state index in [1.165, 1.54) is 18.2 Å². The third-order valence-electron chi connectivity index (χ3n) is 2.44. The Hall–Kier alpha value is -1.98. The van der Waals surface area contributed by atoms with Gasteiger partial charge in [0.1, 0.15) is 17.3 Å². The SMILES string of the molecule is NC(=NO)c1cc(F)ccc1Oc1ccc(Cl)cc1Cl. The van der Waals surface area contributed by atoms with Crippen molar-refractivity contribution >= 4 is 29.0 Å². The van der Waals surface area contributed by atoms with Gasteiger partial charge in [0.05, 0.1) is 10.6 Å². The monoisotopic (exact) mass is 314 g/mol. The van der Waals surface area contributed by atoms with Crippen molar-refractivity contribution in [3.8, 4) is 11.5 Å². The lowest BCUT2D eigenvalue weighted by Gasteiger charge is -2.11. The molecule has 0 heterocycles. The van der Waals surface area contributed by atoms with Crippen LogP contribution in [0, 0.1) is 5.82 Å². The summed E-state index contributed by atoms with van der Waals surface area (Å²) in [6.07, 6.45) is 0. The van der Waals surface area contributed by atoms with Crippen LogP contribution in [0.4, 0.5) is 4.39 Å². The first kappa shape index (κ1) is 14.4. The molecule has 0 saturated heterocycles. The Morgan fingerprint density at radius 2 is 1.85 bits per heavy atom. The van der Waals surface area contributed by atoms with Crippen molar-refractivity contribution < 1.29 is 14.3 Å². The number of nitrogens with zero attached hydrogens (tertiary/aromatic N) is 1. The third-order valence-corrected chi connectivity index (χ3v) is 2.97. The number of benzene rings is 2. The van der Waals surface area contributed by atoms with E-state index < -0.39 is 5.82 Å². The van der Waals surface area contributed by atoms with Gasteiger partial charge in [-0.15, -0.1) is 0 Å². The van der Waals surface area contributed by atoms with Crippen LogP contribution in [0.3, 0.4) is 0 Å². The topological polar surface area (TPSA) is 67.8 Å². The van der Waals surface area contributed by atoms with Crippen LogP contribution in [-0.4, -0.2) is 11.0 Å². The van der Waals surface area contributed by atoms with Crippen LogP contribution in [0.25, 0.3) is 0 Å². The van der Waals surface area contributed by atoms with Gasteiger partial charge < -0.3 is 15.7 Å². The lowest BCUT2D eigenvalue weighted by atomic mass is 10.2. The zero-order valence-corrected chi connectivity index (χ0v) is 11.5. The highest BCUT2D eigenvalue weighted by molar-refractivity contribution is 6.35. The number of hydrogen-bond donors (Lipinski definition) is 2. The molecule has 0 fully saturated rings. The normalized spacial score (nSPS) is 11.4. The molecule has 0 unspecified atom stereocenters. The molecule has 0 aliphatic rings. The first-order valence-corrected chi connectivity index (χ1v) is 6.17. The standard InChI is InChI=1S/C13H9Cl2FN2O2/c14-7-1-3-12(10(15)5-7)20-11-4-2-8(16)6-9(11)13(17)18-19/h1-6,19H,(H2,17,18). The largest absolute Gasteiger partial charge is 0.455 e.